The van der Waals surface area contributed by atoms with Gasteiger partial charge >= 0.3 is 0 Å². The summed E-state index contributed by atoms with van der Waals surface area (Å²) in [5, 5.41) is 9.41. The van der Waals surface area contributed by atoms with E-state index in [0.29, 0.717) is 22.8 Å². The predicted octanol–water partition coefficient (Wildman–Crippen LogP) is 1.52. The van der Waals surface area contributed by atoms with Crippen molar-refractivity contribution in [3.05, 3.63) is 28.8 Å². The van der Waals surface area contributed by atoms with Crippen LogP contribution in [-0.2, 0) is 0 Å². The van der Waals surface area contributed by atoms with Crippen molar-refractivity contribution in [2.45, 2.75) is 18.9 Å². The first-order chi connectivity index (χ1) is 8.13. The van der Waals surface area contributed by atoms with Gasteiger partial charge in [0.15, 0.2) is 0 Å². The van der Waals surface area contributed by atoms with Crippen LogP contribution in [0.3, 0.4) is 0 Å². The Morgan fingerprint density at radius 1 is 1.53 bits per heavy atom. The fourth-order valence-corrected chi connectivity index (χ4v) is 1.90. The maximum atomic E-state index is 12.2. The molecule has 0 unspecified atom stereocenters. The molecule has 4 nitrogen and oxygen atoms in total. The van der Waals surface area contributed by atoms with Gasteiger partial charge in [0.2, 0.25) is 0 Å². The van der Waals surface area contributed by atoms with Gasteiger partial charge in [0.25, 0.3) is 5.91 Å². The number of hydrogen-bond donors (Lipinski definition) is 2. The van der Waals surface area contributed by atoms with Gasteiger partial charge < -0.3 is 15.7 Å². The molecule has 1 aliphatic rings. The number of benzene rings is 1. The Kier molecular flexibility index (Phi) is 3.54. The first-order valence-corrected chi connectivity index (χ1v) is 5.98. The molecule has 17 heavy (non-hydrogen) atoms. The van der Waals surface area contributed by atoms with E-state index in [9.17, 15) is 4.79 Å². The lowest BCUT2D eigenvalue weighted by Crippen LogP contribution is -2.35. The van der Waals surface area contributed by atoms with Crippen LogP contribution >= 0.6 is 11.6 Å². The van der Waals surface area contributed by atoms with Crippen molar-refractivity contribution in [1.82, 2.24) is 4.90 Å². The second-order valence-corrected chi connectivity index (χ2v) is 4.60. The number of amides is 1. The van der Waals surface area contributed by atoms with Crippen LogP contribution in [0.15, 0.2) is 18.2 Å². The Hall–Kier alpha value is -1.26. The van der Waals surface area contributed by atoms with Gasteiger partial charge in [0.05, 0.1) is 17.3 Å². The molecule has 1 amide bonds. The van der Waals surface area contributed by atoms with Crippen molar-refractivity contribution < 1.29 is 9.90 Å². The fraction of sp³-hybridized carbons (Fsp3) is 0.417. The van der Waals surface area contributed by atoms with E-state index in [0.717, 1.165) is 12.8 Å². The van der Waals surface area contributed by atoms with Crippen molar-refractivity contribution in [3.63, 3.8) is 0 Å². The molecule has 0 spiro atoms. The lowest BCUT2D eigenvalue weighted by atomic mass is 10.1. The molecule has 1 fully saturated rings. The molecule has 1 aromatic carbocycles. The summed E-state index contributed by atoms with van der Waals surface area (Å²) in [6.45, 7) is 0.345. The van der Waals surface area contributed by atoms with Crippen molar-refractivity contribution in [2.75, 3.05) is 18.9 Å². The van der Waals surface area contributed by atoms with Gasteiger partial charge in [0, 0.05) is 18.2 Å². The van der Waals surface area contributed by atoms with Crippen molar-refractivity contribution >= 4 is 23.2 Å². The highest BCUT2D eigenvalue weighted by molar-refractivity contribution is 6.33. The summed E-state index contributed by atoms with van der Waals surface area (Å²) in [5.41, 5.74) is 6.59. The molecule has 2 rings (SSSR count). The summed E-state index contributed by atoms with van der Waals surface area (Å²) < 4.78 is 0. The van der Waals surface area contributed by atoms with E-state index in [1.165, 1.54) is 0 Å². The molecule has 3 N–H and O–H groups in total. The van der Waals surface area contributed by atoms with Gasteiger partial charge in [-0.3, -0.25) is 4.79 Å². The summed E-state index contributed by atoms with van der Waals surface area (Å²) in [6.07, 6.45) is 2.02. The van der Waals surface area contributed by atoms with E-state index in [-0.39, 0.29) is 18.6 Å². The number of aliphatic hydroxyl groups excluding tert-OH is 1. The first kappa shape index (κ1) is 12.2. The third kappa shape index (κ3) is 2.70. The summed E-state index contributed by atoms with van der Waals surface area (Å²) in [6, 6.07) is 5.13. The third-order valence-electron chi connectivity index (χ3n) is 2.83. The Morgan fingerprint density at radius 3 is 2.76 bits per heavy atom. The molecular formula is C12H15ClN2O2. The second kappa shape index (κ2) is 4.94. The fourth-order valence-electron chi connectivity index (χ4n) is 1.79. The van der Waals surface area contributed by atoms with Gasteiger partial charge in [-0.15, -0.1) is 0 Å². The number of aliphatic hydroxyl groups is 1. The second-order valence-electron chi connectivity index (χ2n) is 4.19. The minimum absolute atomic E-state index is 0.0225. The largest absolute Gasteiger partial charge is 0.398 e. The number of hydrogen-bond acceptors (Lipinski definition) is 3. The zero-order valence-electron chi connectivity index (χ0n) is 9.40. The molecule has 0 radical (unpaired) electrons. The van der Waals surface area contributed by atoms with Crippen LogP contribution in [0.2, 0.25) is 5.02 Å². The van der Waals surface area contributed by atoms with Gasteiger partial charge in [-0.25, -0.2) is 0 Å². The number of anilines is 1. The standard InChI is InChI=1S/C12H15ClN2O2/c13-10-4-1-8(7-11(10)14)12(17)15(5-6-16)9-2-3-9/h1,4,7,9,16H,2-3,5-6,14H2. The zero-order valence-corrected chi connectivity index (χ0v) is 10.2. The average Bonchev–Trinajstić information content (AvgIpc) is 3.13. The molecule has 0 saturated heterocycles. The summed E-state index contributed by atoms with van der Waals surface area (Å²) in [5.74, 6) is -0.0927. The lowest BCUT2D eigenvalue weighted by molar-refractivity contribution is 0.0707. The number of halogens is 1. The van der Waals surface area contributed by atoms with Gasteiger partial charge in [-0.2, -0.15) is 0 Å². The summed E-state index contributed by atoms with van der Waals surface area (Å²) >= 11 is 5.81. The van der Waals surface area contributed by atoms with Gasteiger partial charge in [-0.1, -0.05) is 11.6 Å². The lowest BCUT2D eigenvalue weighted by Gasteiger charge is -2.21. The van der Waals surface area contributed by atoms with Gasteiger partial charge in [0.1, 0.15) is 0 Å². The third-order valence-corrected chi connectivity index (χ3v) is 3.18. The van der Waals surface area contributed by atoms with E-state index in [1.54, 1.807) is 23.1 Å². The van der Waals surface area contributed by atoms with E-state index in [1.807, 2.05) is 0 Å². The zero-order chi connectivity index (χ0) is 12.4. The van der Waals surface area contributed by atoms with Crippen LogP contribution in [0, 0.1) is 0 Å². The maximum Gasteiger partial charge on any atom is 0.254 e. The van der Waals surface area contributed by atoms with Crippen molar-refractivity contribution in [2.24, 2.45) is 0 Å². The van der Waals surface area contributed by atoms with E-state index in [4.69, 9.17) is 22.4 Å². The predicted molar refractivity (Wildman–Crippen MR) is 67.0 cm³/mol. The number of nitrogen functional groups attached to an aromatic ring is 1. The Bertz CT molecular complexity index is 433. The highest BCUT2D eigenvalue weighted by Gasteiger charge is 2.32. The number of nitrogens with zero attached hydrogens (tertiary/aromatic N) is 1. The number of rotatable bonds is 4. The number of carbonyl (C=O) groups is 1. The molecule has 0 aliphatic heterocycles. The molecule has 0 bridgehead atoms. The Morgan fingerprint density at radius 2 is 2.24 bits per heavy atom. The van der Waals surface area contributed by atoms with Crippen LogP contribution in [0.25, 0.3) is 0 Å². The SMILES string of the molecule is Nc1cc(C(=O)N(CCO)C2CC2)ccc1Cl. The van der Waals surface area contributed by atoms with E-state index < -0.39 is 0 Å². The monoisotopic (exact) mass is 254 g/mol. The van der Waals surface area contributed by atoms with Crippen LogP contribution in [-0.4, -0.2) is 35.1 Å². The highest BCUT2D eigenvalue weighted by atomic mass is 35.5. The Labute approximate surface area is 105 Å². The molecule has 0 heterocycles. The molecule has 0 aromatic heterocycles. The van der Waals surface area contributed by atoms with Crippen LogP contribution in [0.5, 0.6) is 0 Å². The number of carbonyl (C=O) groups excluding carboxylic acids is 1. The summed E-state index contributed by atoms with van der Waals surface area (Å²) in [4.78, 5) is 13.9. The minimum Gasteiger partial charge on any atom is -0.398 e. The van der Waals surface area contributed by atoms with Crippen LogP contribution < -0.4 is 5.73 Å². The smallest absolute Gasteiger partial charge is 0.254 e. The topological polar surface area (TPSA) is 66.6 Å². The Balaban J connectivity index is 2.19. The molecule has 92 valence electrons. The highest BCUT2D eigenvalue weighted by Crippen LogP contribution is 2.29. The molecule has 1 saturated carbocycles. The molecule has 1 aromatic rings. The number of nitrogens with two attached hydrogens (primary N) is 1. The van der Waals surface area contributed by atoms with E-state index in [2.05, 4.69) is 0 Å². The van der Waals surface area contributed by atoms with Gasteiger partial charge in [-0.05, 0) is 31.0 Å². The van der Waals surface area contributed by atoms with Crippen LogP contribution in [0.1, 0.15) is 23.2 Å². The molecular weight excluding hydrogens is 240 g/mol. The quantitative estimate of drug-likeness (QED) is 0.801. The molecule has 5 heteroatoms. The van der Waals surface area contributed by atoms with Crippen molar-refractivity contribution in [3.8, 4) is 0 Å². The van der Waals surface area contributed by atoms with Crippen LogP contribution in [0.4, 0.5) is 5.69 Å². The first-order valence-electron chi connectivity index (χ1n) is 5.60. The maximum absolute atomic E-state index is 12.2. The summed E-state index contributed by atoms with van der Waals surface area (Å²) in [7, 11) is 0. The van der Waals surface area contributed by atoms with E-state index >= 15 is 0 Å². The normalized spacial score (nSPS) is 14.7. The minimum atomic E-state index is -0.0927. The van der Waals surface area contributed by atoms with Crippen molar-refractivity contribution in [1.29, 1.82) is 0 Å². The average molecular weight is 255 g/mol. The molecule has 0 atom stereocenters. The molecule has 1 aliphatic carbocycles.